The highest BCUT2D eigenvalue weighted by atomic mass is 32.1. The lowest BCUT2D eigenvalue weighted by atomic mass is 9.97. The molecule has 1 rings (SSSR count). The van der Waals surface area contributed by atoms with Gasteiger partial charge in [0.2, 0.25) is 0 Å². The van der Waals surface area contributed by atoms with Crippen molar-refractivity contribution in [2.45, 2.75) is 20.8 Å². The van der Waals surface area contributed by atoms with Gasteiger partial charge in [0.25, 0.3) is 0 Å². The van der Waals surface area contributed by atoms with Gasteiger partial charge in [-0.25, -0.2) is 8.78 Å². The smallest absolute Gasteiger partial charge is 0.150 e. The predicted molar refractivity (Wildman–Crippen MR) is 70.2 cm³/mol. The molecule has 5 heteroatoms. The number of anilines is 1. The third-order valence-electron chi connectivity index (χ3n) is 2.12. The Labute approximate surface area is 105 Å². The minimum atomic E-state index is -0.683. The Morgan fingerprint density at radius 1 is 1.29 bits per heavy atom. The summed E-state index contributed by atoms with van der Waals surface area (Å²) in [5, 5.41) is 2.75. The number of benzene rings is 1. The number of hydrogen-bond acceptors (Lipinski definition) is 2. The molecule has 1 aromatic carbocycles. The van der Waals surface area contributed by atoms with Gasteiger partial charge in [-0.05, 0) is 17.5 Å². The van der Waals surface area contributed by atoms with Crippen LogP contribution in [0.1, 0.15) is 26.3 Å². The second-order valence-electron chi connectivity index (χ2n) is 5.09. The van der Waals surface area contributed by atoms with E-state index in [9.17, 15) is 8.78 Å². The monoisotopic (exact) mass is 258 g/mol. The number of nitrogens with two attached hydrogens (primary N) is 1. The average Bonchev–Trinajstić information content (AvgIpc) is 2.14. The van der Waals surface area contributed by atoms with E-state index in [4.69, 9.17) is 5.73 Å². The van der Waals surface area contributed by atoms with E-state index in [0.29, 0.717) is 6.54 Å². The first-order valence-electron chi connectivity index (χ1n) is 5.23. The lowest BCUT2D eigenvalue weighted by molar-refractivity contribution is 0.440. The molecule has 2 nitrogen and oxygen atoms in total. The molecule has 0 heterocycles. The largest absolute Gasteiger partial charge is 0.389 e. The molecular weight excluding hydrogens is 242 g/mol. The van der Waals surface area contributed by atoms with Crippen LogP contribution in [0.3, 0.4) is 0 Å². The van der Waals surface area contributed by atoms with Crippen molar-refractivity contribution in [2.75, 3.05) is 11.9 Å². The van der Waals surface area contributed by atoms with Gasteiger partial charge in [0.15, 0.2) is 0 Å². The van der Waals surface area contributed by atoms with Crippen LogP contribution in [0.2, 0.25) is 0 Å². The quantitative estimate of drug-likeness (QED) is 0.818. The molecule has 0 spiro atoms. The van der Waals surface area contributed by atoms with Crippen LogP contribution in [0.15, 0.2) is 12.1 Å². The first-order valence-corrected chi connectivity index (χ1v) is 5.64. The molecule has 0 amide bonds. The van der Waals surface area contributed by atoms with Crippen LogP contribution in [0.4, 0.5) is 14.5 Å². The molecule has 17 heavy (non-hydrogen) atoms. The van der Waals surface area contributed by atoms with Crippen molar-refractivity contribution in [3.05, 3.63) is 29.3 Å². The number of halogens is 2. The summed E-state index contributed by atoms with van der Waals surface area (Å²) >= 11 is 4.67. The fourth-order valence-electron chi connectivity index (χ4n) is 1.24. The zero-order valence-corrected chi connectivity index (χ0v) is 10.9. The average molecular weight is 258 g/mol. The molecule has 0 fully saturated rings. The second-order valence-corrected chi connectivity index (χ2v) is 5.53. The zero-order chi connectivity index (χ0) is 13.2. The Morgan fingerprint density at radius 2 is 1.76 bits per heavy atom. The van der Waals surface area contributed by atoms with E-state index in [2.05, 4.69) is 17.5 Å². The van der Waals surface area contributed by atoms with Crippen molar-refractivity contribution in [1.82, 2.24) is 0 Å². The van der Waals surface area contributed by atoms with Gasteiger partial charge in [-0.15, -0.1) is 0 Å². The summed E-state index contributed by atoms with van der Waals surface area (Å²) in [4.78, 5) is -0.0230. The van der Waals surface area contributed by atoms with Gasteiger partial charge >= 0.3 is 0 Å². The third-order valence-corrected chi connectivity index (χ3v) is 2.36. The van der Waals surface area contributed by atoms with E-state index >= 15 is 0 Å². The van der Waals surface area contributed by atoms with E-state index < -0.39 is 11.6 Å². The van der Waals surface area contributed by atoms with Crippen LogP contribution >= 0.6 is 12.2 Å². The molecular formula is C12H16F2N2S. The zero-order valence-electron chi connectivity index (χ0n) is 10.1. The standard InChI is InChI=1S/C12H16F2N2S/c1-12(2,3)6-16-10-8(13)4-7(11(15)17)5-9(10)14/h4-5,16H,6H2,1-3H3,(H2,15,17). The van der Waals surface area contributed by atoms with Crippen molar-refractivity contribution in [2.24, 2.45) is 11.1 Å². The topological polar surface area (TPSA) is 38.0 Å². The Bertz CT molecular complexity index is 416. The molecule has 0 radical (unpaired) electrons. The first-order chi connectivity index (χ1) is 7.70. The van der Waals surface area contributed by atoms with E-state index in [-0.39, 0.29) is 21.7 Å². The first kappa shape index (κ1) is 13.8. The van der Waals surface area contributed by atoms with Crippen LogP contribution in [0.5, 0.6) is 0 Å². The molecule has 0 aliphatic heterocycles. The summed E-state index contributed by atoms with van der Waals surface area (Å²) in [7, 11) is 0. The summed E-state index contributed by atoms with van der Waals surface area (Å²) in [6.45, 7) is 6.38. The van der Waals surface area contributed by atoms with Crippen LogP contribution in [0, 0.1) is 17.0 Å². The van der Waals surface area contributed by atoms with Crippen molar-refractivity contribution in [1.29, 1.82) is 0 Å². The summed E-state index contributed by atoms with van der Waals surface area (Å²) in [6.07, 6.45) is 0. The molecule has 0 atom stereocenters. The Morgan fingerprint density at radius 3 is 2.12 bits per heavy atom. The highest BCUT2D eigenvalue weighted by molar-refractivity contribution is 7.80. The van der Waals surface area contributed by atoms with Gasteiger partial charge in [-0.3, -0.25) is 0 Å². The summed E-state index contributed by atoms with van der Waals surface area (Å²) in [5.74, 6) is -1.37. The van der Waals surface area contributed by atoms with Crippen molar-refractivity contribution in [3.8, 4) is 0 Å². The predicted octanol–water partition coefficient (Wildman–Crippen LogP) is 3.06. The summed E-state index contributed by atoms with van der Waals surface area (Å²) in [5.41, 5.74) is 5.31. The molecule has 3 N–H and O–H groups in total. The van der Waals surface area contributed by atoms with E-state index in [1.807, 2.05) is 20.8 Å². The third kappa shape index (κ3) is 3.93. The van der Waals surface area contributed by atoms with Gasteiger partial charge in [0, 0.05) is 12.1 Å². The maximum atomic E-state index is 13.6. The Balaban J connectivity index is 2.98. The molecule has 0 unspecified atom stereocenters. The molecule has 94 valence electrons. The fraction of sp³-hybridized carbons (Fsp3) is 0.417. The summed E-state index contributed by atoms with van der Waals surface area (Å²) < 4.78 is 27.3. The SMILES string of the molecule is CC(C)(C)CNc1c(F)cc(C(N)=S)cc1F. The highest BCUT2D eigenvalue weighted by Gasteiger charge is 2.15. The number of hydrogen-bond donors (Lipinski definition) is 2. The lowest BCUT2D eigenvalue weighted by Gasteiger charge is -2.20. The minimum absolute atomic E-state index is 0.0230. The Kier molecular flexibility index (Phi) is 4.03. The van der Waals surface area contributed by atoms with E-state index in [1.165, 1.54) is 0 Å². The van der Waals surface area contributed by atoms with Crippen LogP contribution < -0.4 is 11.1 Å². The van der Waals surface area contributed by atoms with Crippen LogP contribution in [0.25, 0.3) is 0 Å². The molecule has 0 aliphatic carbocycles. The van der Waals surface area contributed by atoms with Gasteiger partial charge < -0.3 is 11.1 Å². The van der Waals surface area contributed by atoms with Crippen molar-refractivity contribution in [3.63, 3.8) is 0 Å². The number of nitrogens with one attached hydrogen (secondary N) is 1. The maximum Gasteiger partial charge on any atom is 0.150 e. The maximum absolute atomic E-state index is 13.6. The van der Waals surface area contributed by atoms with Gasteiger partial charge in [-0.1, -0.05) is 33.0 Å². The molecule has 0 saturated carbocycles. The van der Waals surface area contributed by atoms with E-state index in [0.717, 1.165) is 12.1 Å². The number of rotatable bonds is 3. The summed E-state index contributed by atoms with van der Waals surface area (Å²) in [6, 6.07) is 2.27. The van der Waals surface area contributed by atoms with Crippen LogP contribution in [-0.4, -0.2) is 11.5 Å². The molecule has 0 saturated heterocycles. The van der Waals surface area contributed by atoms with Crippen molar-refractivity contribution >= 4 is 22.9 Å². The van der Waals surface area contributed by atoms with E-state index in [1.54, 1.807) is 0 Å². The second kappa shape index (κ2) is 4.96. The highest BCUT2D eigenvalue weighted by Crippen LogP contribution is 2.23. The fourth-order valence-corrected chi connectivity index (χ4v) is 1.36. The molecule has 0 aliphatic rings. The lowest BCUT2D eigenvalue weighted by Crippen LogP contribution is -2.20. The van der Waals surface area contributed by atoms with Gasteiger partial charge in [-0.2, -0.15) is 0 Å². The molecule has 1 aromatic rings. The number of thiocarbonyl (C=S) groups is 1. The molecule has 0 aromatic heterocycles. The normalized spacial score (nSPS) is 11.4. The van der Waals surface area contributed by atoms with Crippen LogP contribution in [-0.2, 0) is 0 Å². The minimum Gasteiger partial charge on any atom is -0.389 e. The van der Waals surface area contributed by atoms with Gasteiger partial charge in [0.1, 0.15) is 22.3 Å². The van der Waals surface area contributed by atoms with Gasteiger partial charge in [0.05, 0.1) is 0 Å². The Hall–Kier alpha value is -1.23. The van der Waals surface area contributed by atoms with Crippen molar-refractivity contribution < 1.29 is 8.78 Å². The molecule has 0 bridgehead atoms.